The lowest BCUT2D eigenvalue weighted by Gasteiger charge is -2.53. The lowest BCUT2D eigenvalue weighted by atomic mass is 9.71. The molecule has 0 N–H and O–H groups in total. The fourth-order valence-corrected chi connectivity index (χ4v) is 10.9. The van der Waals surface area contributed by atoms with Gasteiger partial charge in [0.2, 0.25) is 0 Å². The zero-order valence-electron chi connectivity index (χ0n) is 27.4. The van der Waals surface area contributed by atoms with E-state index in [9.17, 15) is 13.7 Å². The first-order valence-electron chi connectivity index (χ1n) is 16.7. The van der Waals surface area contributed by atoms with E-state index in [2.05, 4.69) is 33.2 Å². The number of aromatic nitrogens is 5. The zero-order valence-corrected chi connectivity index (χ0v) is 29.0. The van der Waals surface area contributed by atoms with Gasteiger partial charge in [-0.2, -0.15) is 10.4 Å². The molecule has 2 fully saturated rings. The fraction of sp³-hybridized carbons (Fsp3) is 0.351. The van der Waals surface area contributed by atoms with Crippen LogP contribution in [0, 0.1) is 18.3 Å². The molecule has 0 unspecified atom stereocenters. The van der Waals surface area contributed by atoms with Crippen LogP contribution in [-0.4, -0.2) is 55.7 Å². The van der Waals surface area contributed by atoms with Gasteiger partial charge in [-0.3, -0.25) is 9.58 Å². The Bertz CT molecular complexity index is 2430. The monoisotopic (exact) mass is 689 g/mol. The highest BCUT2D eigenvalue weighted by atomic mass is 32.2. The van der Waals surface area contributed by atoms with Crippen molar-refractivity contribution in [2.45, 2.75) is 68.1 Å². The molecule has 0 bridgehead atoms. The number of hydrogen-bond acceptors (Lipinski definition) is 9. The summed E-state index contributed by atoms with van der Waals surface area (Å²) in [5, 5.41) is 16.8. The number of aryl methyl sites for hydroxylation is 2. The highest BCUT2D eigenvalue weighted by molar-refractivity contribution is 7.90. The number of pyridine rings is 1. The van der Waals surface area contributed by atoms with Crippen molar-refractivity contribution in [3.8, 4) is 27.8 Å². The molecule has 1 aliphatic carbocycles. The molecule has 4 aromatic heterocycles. The Morgan fingerprint density at radius 3 is 2.51 bits per heavy atom. The van der Waals surface area contributed by atoms with E-state index >= 15 is 0 Å². The lowest BCUT2D eigenvalue weighted by Crippen LogP contribution is -2.58. The highest BCUT2D eigenvalue weighted by Gasteiger charge is 2.50. The van der Waals surface area contributed by atoms with Crippen molar-refractivity contribution >= 4 is 43.3 Å². The van der Waals surface area contributed by atoms with Crippen molar-refractivity contribution in [1.29, 1.82) is 5.26 Å². The van der Waals surface area contributed by atoms with Gasteiger partial charge >= 0.3 is 0 Å². The van der Waals surface area contributed by atoms with Crippen molar-refractivity contribution in [3.05, 3.63) is 83.3 Å². The number of nitriles is 1. The molecule has 2 aliphatic heterocycles. The van der Waals surface area contributed by atoms with E-state index in [0.29, 0.717) is 24.4 Å². The Morgan fingerprint density at radius 1 is 1.02 bits per heavy atom. The van der Waals surface area contributed by atoms with E-state index in [1.807, 2.05) is 43.2 Å². The summed E-state index contributed by atoms with van der Waals surface area (Å²) in [5.74, 6) is 0. The zero-order chi connectivity index (χ0) is 33.5. The second-order valence-electron chi connectivity index (χ2n) is 13.6. The molecule has 2 aromatic carbocycles. The lowest BCUT2D eigenvalue weighted by molar-refractivity contribution is -0.106. The highest BCUT2D eigenvalue weighted by Crippen LogP contribution is 2.54. The maximum Gasteiger partial charge on any atom is 0.269 e. The van der Waals surface area contributed by atoms with Crippen LogP contribution in [0.4, 0.5) is 0 Å². The summed E-state index contributed by atoms with van der Waals surface area (Å²) in [7, 11) is -2.20. The van der Waals surface area contributed by atoms with Gasteiger partial charge in [0.15, 0.2) is 5.65 Å². The van der Waals surface area contributed by atoms with Crippen molar-refractivity contribution < 1.29 is 13.2 Å². The average molecular weight is 690 g/mol. The second-order valence-corrected chi connectivity index (χ2v) is 16.7. The Kier molecular flexibility index (Phi) is 6.91. The SMILES string of the molecule is Cc1ncc(-c2c(-c3ccc4c(cnn4C)c3)c3c4c(cnc3n2S(=O)(=O)c2ccccc2)COC42CCN(C3(CC#N)CCC3)CC2)s1. The number of fused-ring (bicyclic) bond motifs is 5. The normalized spacial score (nSPS) is 18.6. The predicted molar refractivity (Wildman–Crippen MR) is 188 cm³/mol. The van der Waals surface area contributed by atoms with Gasteiger partial charge in [-0.1, -0.05) is 24.3 Å². The summed E-state index contributed by atoms with van der Waals surface area (Å²) >= 11 is 1.47. The van der Waals surface area contributed by atoms with Crippen LogP contribution >= 0.6 is 11.3 Å². The van der Waals surface area contributed by atoms with Gasteiger partial charge in [0, 0.05) is 65.5 Å². The van der Waals surface area contributed by atoms with Crippen molar-refractivity contribution in [2.75, 3.05) is 13.1 Å². The first-order valence-corrected chi connectivity index (χ1v) is 19.0. The summed E-state index contributed by atoms with van der Waals surface area (Å²) in [4.78, 5) is 13.0. The number of likely N-dealkylation sites (tertiary alicyclic amines) is 1. The number of ether oxygens (including phenoxy) is 1. The number of piperidine rings is 1. The van der Waals surface area contributed by atoms with Gasteiger partial charge in [0.25, 0.3) is 10.0 Å². The van der Waals surface area contributed by atoms with Gasteiger partial charge in [0.05, 0.1) is 56.9 Å². The van der Waals surface area contributed by atoms with Crippen LogP contribution in [0.3, 0.4) is 0 Å². The minimum absolute atomic E-state index is 0.0417. The third-order valence-electron chi connectivity index (χ3n) is 11.1. The molecule has 1 saturated heterocycles. The molecule has 0 atom stereocenters. The molecule has 1 saturated carbocycles. The van der Waals surface area contributed by atoms with E-state index in [-0.39, 0.29) is 10.4 Å². The molecule has 12 heteroatoms. The average Bonchev–Trinajstić information content (AvgIpc) is 3.87. The maximum absolute atomic E-state index is 14.9. The molecule has 0 amide bonds. The Hall–Kier alpha value is -4.41. The molecule has 49 heavy (non-hydrogen) atoms. The number of hydrogen-bond donors (Lipinski definition) is 0. The maximum atomic E-state index is 14.9. The standard InChI is InChI=1S/C37H35N7O3S2/c1-24-39-22-30(48-24)34-31(25-9-10-29-26(19-25)21-41-42(29)2)32-33-27(20-40-35(32)44(34)49(45,46)28-7-4-3-5-8-28)23-47-37(33)14-17-43(18-15-37)36(13-16-38)11-6-12-36/h3-5,7-10,19-22H,6,11-15,17-18,23H2,1-2H3. The minimum atomic E-state index is -4.11. The number of rotatable bonds is 6. The van der Waals surface area contributed by atoms with E-state index in [1.54, 1.807) is 30.5 Å². The van der Waals surface area contributed by atoms with Gasteiger partial charge in [-0.15, -0.1) is 11.3 Å². The van der Waals surface area contributed by atoms with Crippen LogP contribution < -0.4 is 0 Å². The fourth-order valence-electron chi connectivity index (χ4n) is 8.47. The molecule has 248 valence electrons. The molecule has 9 rings (SSSR count). The topological polar surface area (TPSA) is 119 Å². The van der Waals surface area contributed by atoms with Crippen molar-refractivity contribution in [2.24, 2.45) is 7.05 Å². The van der Waals surface area contributed by atoms with Crippen LogP contribution in [-0.2, 0) is 34.0 Å². The van der Waals surface area contributed by atoms with Crippen molar-refractivity contribution in [1.82, 2.24) is 28.6 Å². The molecule has 1 spiro atoms. The molecule has 6 aromatic rings. The third kappa shape index (κ3) is 4.49. The van der Waals surface area contributed by atoms with E-state index in [0.717, 1.165) is 93.6 Å². The second kappa shape index (κ2) is 11.1. The van der Waals surface area contributed by atoms with E-state index < -0.39 is 15.6 Å². The third-order valence-corrected chi connectivity index (χ3v) is 13.7. The summed E-state index contributed by atoms with van der Waals surface area (Å²) in [6.07, 6.45) is 10.7. The number of thiazole rings is 1. The quantitative estimate of drug-likeness (QED) is 0.185. The smallest absolute Gasteiger partial charge is 0.269 e. The molecular formula is C37H35N7O3S2. The van der Waals surface area contributed by atoms with Crippen LogP contribution in [0.15, 0.2) is 72.0 Å². The summed E-state index contributed by atoms with van der Waals surface area (Å²) in [5.41, 5.74) is 4.98. The van der Waals surface area contributed by atoms with Crippen LogP contribution in [0.2, 0.25) is 0 Å². The molecular weight excluding hydrogens is 655 g/mol. The first kappa shape index (κ1) is 30.6. The summed E-state index contributed by atoms with van der Waals surface area (Å²) < 4.78 is 39.8. The number of nitrogens with zero attached hydrogens (tertiary/aromatic N) is 7. The van der Waals surface area contributed by atoms with Crippen molar-refractivity contribution in [3.63, 3.8) is 0 Å². The Labute approximate surface area is 288 Å². The van der Waals surface area contributed by atoms with Gasteiger partial charge in [-0.05, 0) is 68.9 Å². The predicted octanol–water partition coefficient (Wildman–Crippen LogP) is 6.92. The largest absolute Gasteiger partial charge is 0.365 e. The van der Waals surface area contributed by atoms with E-state index in [1.165, 1.54) is 15.3 Å². The van der Waals surface area contributed by atoms with Gasteiger partial charge < -0.3 is 4.74 Å². The van der Waals surface area contributed by atoms with E-state index in [4.69, 9.17) is 9.72 Å². The Balaban J connectivity index is 1.34. The summed E-state index contributed by atoms with van der Waals surface area (Å²) in [6.45, 7) is 3.97. The first-order chi connectivity index (χ1) is 23.7. The van der Waals surface area contributed by atoms with Gasteiger partial charge in [0.1, 0.15) is 0 Å². The molecule has 3 aliphatic rings. The molecule has 10 nitrogen and oxygen atoms in total. The van der Waals surface area contributed by atoms with Crippen LogP contribution in [0.1, 0.15) is 54.7 Å². The van der Waals surface area contributed by atoms with Gasteiger partial charge in [-0.25, -0.2) is 22.4 Å². The number of benzene rings is 2. The van der Waals surface area contributed by atoms with Crippen LogP contribution in [0.5, 0.6) is 0 Å². The Morgan fingerprint density at radius 2 is 1.82 bits per heavy atom. The van der Waals surface area contributed by atoms with Crippen LogP contribution in [0.25, 0.3) is 43.6 Å². The molecule has 0 radical (unpaired) electrons. The molecule has 6 heterocycles. The summed E-state index contributed by atoms with van der Waals surface area (Å²) in [6, 6.07) is 17.2. The minimum Gasteiger partial charge on any atom is -0.365 e.